The molecule has 0 spiro atoms. The van der Waals surface area contributed by atoms with Crippen molar-refractivity contribution >= 4 is 11.9 Å². The number of benzene rings is 1. The summed E-state index contributed by atoms with van der Waals surface area (Å²) in [5.41, 5.74) is 1.06. The van der Waals surface area contributed by atoms with Crippen molar-refractivity contribution in [3.05, 3.63) is 29.8 Å². The van der Waals surface area contributed by atoms with Crippen LogP contribution in [0.4, 0.5) is 0 Å². The molecule has 21 heavy (non-hydrogen) atoms. The highest BCUT2D eigenvalue weighted by Crippen LogP contribution is 2.20. The average Bonchev–Trinajstić information content (AvgIpc) is 2.97. The molecule has 1 fully saturated rings. The first-order valence-electron chi connectivity index (χ1n) is 6.89. The zero-order chi connectivity index (χ0) is 15.2. The average molecular weight is 293 g/mol. The predicted molar refractivity (Wildman–Crippen MR) is 75.2 cm³/mol. The van der Waals surface area contributed by atoms with Crippen LogP contribution in [0, 0.1) is 0 Å². The van der Waals surface area contributed by atoms with Gasteiger partial charge in [0.2, 0.25) is 5.91 Å². The van der Waals surface area contributed by atoms with Crippen molar-refractivity contribution in [1.82, 2.24) is 5.32 Å². The lowest BCUT2D eigenvalue weighted by Gasteiger charge is -2.12. The Labute approximate surface area is 123 Å². The van der Waals surface area contributed by atoms with Gasteiger partial charge in [0.15, 0.2) is 6.10 Å². The van der Waals surface area contributed by atoms with Crippen molar-refractivity contribution in [1.29, 1.82) is 0 Å². The van der Waals surface area contributed by atoms with E-state index in [1.54, 1.807) is 7.11 Å². The number of amides is 1. The van der Waals surface area contributed by atoms with Gasteiger partial charge in [-0.1, -0.05) is 12.1 Å². The summed E-state index contributed by atoms with van der Waals surface area (Å²) in [7, 11) is 1.61. The molecule has 1 aromatic carbocycles. The van der Waals surface area contributed by atoms with Gasteiger partial charge in [-0.3, -0.25) is 4.79 Å². The number of methoxy groups -OCH3 is 1. The van der Waals surface area contributed by atoms with Gasteiger partial charge in [-0.2, -0.15) is 0 Å². The lowest BCUT2D eigenvalue weighted by molar-refractivity contribution is -0.151. The maximum Gasteiger partial charge on any atom is 0.332 e. The van der Waals surface area contributed by atoms with E-state index in [0.717, 1.165) is 11.3 Å². The van der Waals surface area contributed by atoms with Gasteiger partial charge in [0, 0.05) is 6.54 Å². The molecule has 114 valence electrons. The number of carbonyl (C=O) groups excluding carboxylic acids is 1. The Morgan fingerprint density at radius 3 is 2.81 bits per heavy atom. The SMILES string of the molecule is COc1cccc(CCNC(=O)[C@@H]2CC[C@H](C(=O)O)O2)c1. The summed E-state index contributed by atoms with van der Waals surface area (Å²) in [5, 5.41) is 11.6. The Morgan fingerprint density at radius 2 is 2.14 bits per heavy atom. The van der Waals surface area contributed by atoms with Crippen molar-refractivity contribution in [3.8, 4) is 5.75 Å². The summed E-state index contributed by atoms with van der Waals surface area (Å²) < 4.78 is 10.3. The van der Waals surface area contributed by atoms with Crippen LogP contribution >= 0.6 is 0 Å². The molecular formula is C15H19NO5. The summed E-state index contributed by atoms with van der Waals surface area (Å²) in [5.74, 6) is -0.481. The maximum atomic E-state index is 11.9. The smallest absolute Gasteiger partial charge is 0.332 e. The molecule has 1 aromatic rings. The van der Waals surface area contributed by atoms with Crippen molar-refractivity contribution in [3.63, 3.8) is 0 Å². The van der Waals surface area contributed by atoms with Gasteiger partial charge in [0.1, 0.15) is 11.9 Å². The topological polar surface area (TPSA) is 84.9 Å². The molecule has 0 aromatic heterocycles. The molecule has 2 N–H and O–H groups in total. The molecular weight excluding hydrogens is 274 g/mol. The van der Waals surface area contributed by atoms with Gasteiger partial charge < -0.3 is 19.9 Å². The standard InChI is InChI=1S/C15H19NO5/c1-20-11-4-2-3-10(9-11)7-8-16-14(17)12-5-6-13(21-12)15(18)19/h2-4,9,12-13H,5-8H2,1H3,(H,16,17)(H,18,19)/t12-,13+/m0/s1. The molecule has 1 amide bonds. The van der Waals surface area contributed by atoms with Crippen LogP contribution in [0.15, 0.2) is 24.3 Å². The van der Waals surface area contributed by atoms with Crippen LogP contribution in [0.1, 0.15) is 18.4 Å². The van der Waals surface area contributed by atoms with E-state index in [1.807, 2.05) is 24.3 Å². The number of ether oxygens (including phenoxy) is 2. The second-order valence-corrected chi connectivity index (χ2v) is 4.92. The first-order chi connectivity index (χ1) is 10.1. The van der Waals surface area contributed by atoms with Crippen LogP contribution in [-0.2, 0) is 20.7 Å². The Morgan fingerprint density at radius 1 is 1.38 bits per heavy atom. The first-order valence-corrected chi connectivity index (χ1v) is 6.89. The molecule has 6 nitrogen and oxygen atoms in total. The van der Waals surface area contributed by atoms with E-state index in [9.17, 15) is 9.59 Å². The fraction of sp³-hybridized carbons (Fsp3) is 0.467. The van der Waals surface area contributed by atoms with Crippen LogP contribution in [0.3, 0.4) is 0 Å². The van der Waals surface area contributed by atoms with Crippen molar-refractivity contribution in [2.24, 2.45) is 0 Å². The van der Waals surface area contributed by atoms with Crippen molar-refractivity contribution < 1.29 is 24.2 Å². The Bertz CT molecular complexity index is 517. The predicted octanol–water partition coefficient (Wildman–Crippen LogP) is 0.986. The molecule has 1 heterocycles. The number of nitrogens with one attached hydrogen (secondary N) is 1. The third-order valence-electron chi connectivity index (χ3n) is 3.43. The quantitative estimate of drug-likeness (QED) is 0.817. The monoisotopic (exact) mass is 293 g/mol. The van der Waals surface area contributed by atoms with E-state index in [1.165, 1.54) is 0 Å². The van der Waals surface area contributed by atoms with Gasteiger partial charge in [-0.15, -0.1) is 0 Å². The van der Waals surface area contributed by atoms with E-state index in [4.69, 9.17) is 14.6 Å². The highest BCUT2D eigenvalue weighted by molar-refractivity contribution is 5.82. The van der Waals surface area contributed by atoms with Crippen molar-refractivity contribution in [2.75, 3.05) is 13.7 Å². The van der Waals surface area contributed by atoms with Gasteiger partial charge >= 0.3 is 5.97 Å². The Kier molecular flexibility index (Phi) is 5.16. The van der Waals surface area contributed by atoms with Gasteiger partial charge in [-0.05, 0) is 37.0 Å². The first kappa shape index (κ1) is 15.3. The van der Waals surface area contributed by atoms with Gasteiger partial charge in [0.05, 0.1) is 7.11 Å². The maximum absolute atomic E-state index is 11.9. The zero-order valence-corrected chi connectivity index (χ0v) is 11.9. The molecule has 0 bridgehead atoms. The summed E-state index contributed by atoms with van der Waals surface area (Å²) >= 11 is 0. The summed E-state index contributed by atoms with van der Waals surface area (Å²) in [6, 6.07) is 7.63. The minimum absolute atomic E-state index is 0.248. The molecule has 1 aliphatic heterocycles. The molecule has 1 saturated heterocycles. The lowest BCUT2D eigenvalue weighted by Crippen LogP contribution is -2.36. The Balaban J connectivity index is 1.75. The number of rotatable bonds is 6. The number of carboxylic acid groups (broad SMARTS) is 1. The van der Waals surface area contributed by atoms with E-state index in [-0.39, 0.29) is 5.91 Å². The van der Waals surface area contributed by atoms with Gasteiger partial charge in [0.25, 0.3) is 0 Å². The minimum atomic E-state index is -1.01. The molecule has 0 unspecified atom stereocenters. The molecule has 6 heteroatoms. The van der Waals surface area contributed by atoms with Gasteiger partial charge in [-0.25, -0.2) is 4.79 Å². The van der Waals surface area contributed by atoms with Crippen LogP contribution in [0.2, 0.25) is 0 Å². The number of hydrogen-bond acceptors (Lipinski definition) is 4. The lowest BCUT2D eigenvalue weighted by atomic mass is 10.1. The van der Waals surface area contributed by atoms with Crippen LogP contribution in [-0.4, -0.2) is 42.8 Å². The largest absolute Gasteiger partial charge is 0.497 e. The van der Waals surface area contributed by atoms with E-state index < -0.39 is 18.2 Å². The molecule has 2 atom stereocenters. The molecule has 2 rings (SSSR count). The number of aliphatic carboxylic acids is 1. The third-order valence-corrected chi connectivity index (χ3v) is 3.43. The molecule has 0 saturated carbocycles. The fourth-order valence-electron chi connectivity index (χ4n) is 2.28. The normalized spacial score (nSPS) is 21.0. The van der Waals surface area contributed by atoms with Crippen LogP contribution < -0.4 is 10.1 Å². The van der Waals surface area contributed by atoms with Crippen molar-refractivity contribution in [2.45, 2.75) is 31.5 Å². The Hall–Kier alpha value is -2.08. The molecule has 0 radical (unpaired) electrons. The number of carboxylic acids is 1. The highest BCUT2D eigenvalue weighted by Gasteiger charge is 2.34. The summed E-state index contributed by atoms with van der Waals surface area (Å²) in [6.07, 6.45) is -0.0148. The van der Waals surface area contributed by atoms with E-state index in [0.29, 0.717) is 25.8 Å². The third kappa shape index (κ3) is 4.19. The van der Waals surface area contributed by atoms with Crippen LogP contribution in [0.5, 0.6) is 5.75 Å². The van der Waals surface area contributed by atoms with E-state index in [2.05, 4.69) is 5.32 Å². The highest BCUT2D eigenvalue weighted by atomic mass is 16.5. The van der Waals surface area contributed by atoms with Crippen LogP contribution in [0.25, 0.3) is 0 Å². The second kappa shape index (κ2) is 7.08. The summed E-state index contributed by atoms with van der Waals surface area (Å²) in [6.45, 7) is 0.476. The molecule has 1 aliphatic rings. The number of carbonyl (C=O) groups is 2. The van der Waals surface area contributed by atoms with E-state index >= 15 is 0 Å². The zero-order valence-electron chi connectivity index (χ0n) is 11.9. The summed E-state index contributed by atoms with van der Waals surface area (Å²) in [4.78, 5) is 22.6. The number of hydrogen-bond donors (Lipinski definition) is 2. The minimum Gasteiger partial charge on any atom is -0.497 e. The second-order valence-electron chi connectivity index (χ2n) is 4.92. The fourth-order valence-corrected chi connectivity index (χ4v) is 2.28. The molecule has 0 aliphatic carbocycles.